The molecule has 2 rings (SSSR count). The van der Waals surface area contributed by atoms with Gasteiger partial charge in [0.1, 0.15) is 0 Å². The molecule has 1 aromatic rings. The van der Waals surface area contributed by atoms with E-state index in [1.54, 1.807) is 7.05 Å². The molecule has 20 heavy (non-hydrogen) atoms. The van der Waals surface area contributed by atoms with Gasteiger partial charge in [0.25, 0.3) is 5.95 Å². The van der Waals surface area contributed by atoms with Crippen molar-refractivity contribution in [2.75, 3.05) is 5.32 Å². The zero-order valence-corrected chi connectivity index (χ0v) is 11.3. The smallest absolute Gasteiger partial charge is 0.322 e. The molecule has 1 aliphatic carbocycles. The fraction of sp³-hybridized carbons (Fsp3) is 0.727. The SMILES string of the molecule is Cn1nnc(NC(=O)NC2(CC(=O)O)CCCCC2)n1. The van der Waals surface area contributed by atoms with Crippen LogP contribution in [0.1, 0.15) is 38.5 Å². The van der Waals surface area contributed by atoms with Crippen molar-refractivity contribution in [2.24, 2.45) is 7.05 Å². The third kappa shape index (κ3) is 3.65. The number of amides is 2. The number of rotatable bonds is 4. The Hall–Kier alpha value is -2.19. The predicted octanol–water partition coefficient (Wildman–Crippen LogP) is 0.509. The van der Waals surface area contributed by atoms with Crippen LogP contribution in [0.3, 0.4) is 0 Å². The van der Waals surface area contributed by atoms with Crippen molar-refractivity contribution in [2.45, 2.75) is 44.1 Å². The van der Waals surface area contributed by atoms with Crippen LogP contribution >= 0.6 is 0 Å². The number of tetrazole rings is 1. The number of nitrogens with zero attached hydrogens (tertiary/aromatic N) is 4. The van der Waals surface area contributed by atoms with Crippen LogP contribution in [-0.4, -0.2) is 42.9 Å². The maximum absolute atomic E-state index is 11.9. The average Bonchev–Trinajstić information content (AvgIpc) is 2.74. The molecule has 0 unspecified atom stereocenters. The summed E-state index contributed by atoms with van der Waals surface area (Å²) in [5.74, 6) is -0.823. The molecule has 1 heterocycles. The van der Waals surface area contributed by atoms with Gasteiger partial charge in [0.2, 0.25) is 0 Å². The number of aromatic nitrogens is 4. The number of carboxylic acids is 1. The Balaban J connectivity index is 1.99. The summed E-state index contributed by atoms with van der Waals surface area (Å²) in [6.45, 7) is 0. The van der Waals surface area contributed by atoms with Gasteiger partial charge in [-0.05, 0) is 18.1 Å². The zero-order valence-electron chi connectivity index (χ0n) is 11.3. The van der Waals surface area contributed by atoms with E-state index < -0.39 is 17.5 Å². The molecule has 1 saturated carbocycles. The summed E-state index contributed by atoms with van der Waals surface area (Å²) in [7, 11) is 1.59. The molecule has 9 heteroatoms. The number of aryl methyl sites for hydroxylation is 1. The Kier molecular flexibility index (Phi) is 4.16. The summed E-state index contributed by atoms with van der Waals surface area (Å²) >= 11 is 0. The molecule has 0 bridgehead atoms. The number of aliphatic carboxylic acids is 1. The highest BCUT2D eigenvalue weighted by Gasteiger charge is 2.36. The molecule has 1 fully saturated rings. The molecule has 2 amide bonds. The highest BCUT2D eigenvalue weighted by Crippen LogP contribution is 2.31. The van der Waals surface area contributed by atoms with E-state index in [2.05, 4.69) is 26.0 Å². The van der Waals surface area contributed by atoms with Crippen LogP contribution in [0.5, 0.6) is 0 Å². The van der Waals surface area contributed by atoms with E-state index in [9.17, 15) is 9.59 Å². The third-order valence-electron chi connectivity index (χ3n) is 3.41. The van der Waals surface area contributed by atoms with Crippen LogP contribution in [0.2, 0.25) is 0 Å². The van der Waals surface area contributed by atoms with E-state index in [0.717, 1.165) is 19.3 Å². The lowest BCUT2D eigenvalue weighted by molar-refractivity contribution is -0.138. The van der Waals surface area contributed by atoms with E-state index in [-0.39, 0.29) is 12.4 Å². The number of anilines is 1. The van der Waals surface area contributed by atoms with Gasteiger partial charge in [-0.3, -0.25) is 10.1 Å². The quantitative estimate of drug-likeness (QED) is 0.739. The maximum Gasteiger partial charge on any atom is 0.322 e. The lowest BCUT2D eigenvalue weighted by Gasteiger charge is -2.36. The van der Waals surface area contributed by atoms with Crippen LogP contribution in [-0.2, 0) is 11.8 Å². The van der Waals surface area contributed by atoms with Gasteiger partial charge < -0.3 is 10.4 Å². The van der Waals surface area contributed by atoms with Crippen molar-refractivity contribution in [3.05, 3.63) is 0 Å². The summed E-state index contributed by atoms with van der Waals surface area (Å²) < 4.78 is 0. The topological polar surface area (TPSA) is 122 Å². The molecule has 3 N–H and O–H groups in total. The summed E-state index contributed by atoms with van der Waals surface area (Å²) in [4.78, 5) is 24.2. The number of hydrogen-bond donors (Lipinski definition) is 3. The van der Waals surface area contributed by atoms with Gasteiger partial charge >= 0.3 is 12.0 Å². The molecule has 0 aliphatic heterocycles. The van der Waals surface area contributed by atoms with Gasteiger partial charge in [0.15, 0.2) is 0 Å². The molecular weight excluding hydrogens is 264 g/mol. The first-order valence-electron chi connectivity index (χ1n) is 6.54. The molecule has 1 aliphatic rings. The standard InChI is InChI=1S/C11H18N6O3/c1-17-15-9(14-16-17)12-10(20)13-11(7-8(18)19)5-3-2-4-6-11/h2-7H2,1H3,(H,18,19)(H2,12,13,15,20). The molecule has 1 aromatic heterocycles. The minimum atomic E-state index is -0.912. The Bertz CT molecular complexity index is 494. The predicted molar refractivity (Wildman–Crippen MR) is 69.0 cm³/mol. The summed E-state index contributed by atoms with van der Waals surface area (Å²) in [5.41, 5.74) is -0.684. The monoisotopic (exact) mass is 282 g/mol. The number of carbonyl (C=O) groups excluding carboxylic acids is 1. The molecule has 0 atom stereocenters. The second kappa shape index (κ2) is 5.85. The van der Waals surface area contributed by atoms with E-state index in [0.29, 0.717) is 12.8 Å². The number of nitrogens with one attached hydrogen (secondary N) is 2. The van der Waals surface area contributed by atoms with Gasteiger partial charge in [-0.2, -0.15) is 4.80 Å². The van der Waals surface area contributed by atoms with Gasteiger partial charge in [0, 0.05) is 0 Å². The number of urea groups is 1. The van der Waals surface area contributed by atoms with Gasteiger partial charge in [-0.15, -0.1) is 5.10 Å². The number of carboxylic acid groups (broad SMARTS) is 1. The van der Waals surface area contributed by atoms with Crippen molar-refractivity contribution in [3.8, 4) is 0 Å². The second-order valence-corrected chi connectivity index (χ2v) is 5.09. The van der Waals surface area contributed by atoms with Crippen LogP contribution in [0.4, 0.5) is 10.7 Å². The lowest BCUT2D eigenvalue weighted by atomic mass is 9.79. The molecular formula is C11H18N6O3. The van der Waals surface area contributed by atoms with E-state index in [4.69, 9.17) is 5.11 Å². The Morgan fingerprint density at radius 3 is 2.60 bits per heavy atom. The van der Waals surface area contributed by atoms with Crippen LogP contribution in [0.15, 0.2) is 0 Å². The second-order valence-electron chi connectivity index (χ2n) is 5.09. The minimum absolute atomic E-state index is 0.0751. The fourth-order valence-corrected chi connectivity index (χ4v) is 2.57. The molecule has 0 radical (unpaired) electrons. The van der Waals surface area contributed by atoms with Crippen LogP contribution < -0.4 is 10.6 Å². The van der Waals surface area contributed by atoms with Crippen molar-refractivity contribution in [3.63, 3.8) is 0 Å². The van der Waals surface area contributed by atoms with Crippen molar-refractivity contribution in [1.82, 2.24) is 25.5 Å². The van der Waals surface area contributed by atoms with E-state index in [1.165, 1.54) is 4.80 Å². The average molecular weight is 282 g/mol. The Morgan fingerprint density at radius 1 is 1.35 bits per heavy atom. The number of hydrogen-bond acceptors (Lipinski definition) is 5. The normalized spacial score (nSPS) is 17.4. The van der Waals surface area contributed by atoms with E-state index in [1.807, 2.05) is 0 Å². The summed E-state index contributed by atoms with van der Waals surface area (Å²) in [5, 5.41) is 25.3. The Morgan fingerprint density at radius 2 is 2.05 bits per heavy atom. The van der Waals surface area contributed by atoms with Crippen molar-refractivity contribution in [1.29, 1.82) is 0 Å². The lowest BCUT2D eigenvalue weighted by Crippen LogP contribution is -2.52. The van der Waals surface area contributed by atoms with Gasteiger partial charge in [-0.25, -0.2) is 4.79 Å². The first-order chi connectivity index (χ1) is 9.49. The molecule has 9 nitrogen and oxygen atoms in total. The maximum atomic E-state index is 11.9. The largest absolute Gasteiger partial charge is 0.481 e. The molecule has 0 spiro atoms. The molecule has 0 aromatic carbocycles. The highest BCUT2D eigenvalue weighted by atomic mass is 16.4. The highest BCUT2D eigenvalue weighted by molar-refractivity contribution is 5.88. The Labute approximate surface area is 115 Å². The van der Waals surface area contributed by atoms with Gasteiger partial charge in [0.05, 0.1) is 19.0 Å². The number of carbonyl (C=O) groups is 2. The summed E-state index contributed by atoms with van der Waals surface area (Å²) in [6, 6.07) is -0.499. The fourth-order valence-electron chi connectivity index (χ4n) is 2.57. The molecule has 0 saturated heterocycles. The van der Waals surface area contributed by atoms with Crippen LogP contribution in [0, 0.1) is 0 Å². The third-order valence-corrected chi connectivity index (χ3v) is 3.41. The van der Waals surface area contributed by atoms with Crippen LogP contribution in [0.25, 0.3) is 0 Å². The van der Waals surface area contributed by atoms with Crippen molar-refractivity contribution >= 4 is 17.9 Å². The van der Waals surface area contributed by atoms with Gasteiger partial charge in [-0.1, -0.05) is 24.4 Å². The first-order valence-corrected chi connectivity index (χ1v) is 6.54. The summed E-state index contributed by atoms with van der Waals surface area (Å²) in [6.07, 6.45) is 4.15. The van der Waals surface area contributed by atoms with E-state index >= 15 is 0 Å². The zero-order chi connectivity index (χ0) is 14.6. The molecule has 110 valence electrons. The first kappa shape index (κ1) is 14.2. The van der Waals surface area contributed by atoms with Crippen molar-refractivity contribution < 1.29 is 14.7 Å². The minimum Gasteiger partial charge on any atom is -0.481 e.